The van der Waals surface area contributed by atoms with E-state index in [1.54, 1.807) is 0 Å². The van der Waals surface area contributed by atoms with E-state index in [1.807, 2.05) is 37.4 Å². The first-order valence-corrected chi connectivity index (χ1v) is 7.12. The molecule has 100 valence electrons. The molecule has 0 bridgehead atoms. The smallest absolute Gasteiger partial charge is 0.181 e. The SMILES string of the molecule is C[C@H](C(=O)c1c[nH]c2ccccc12)N1CCCCC1. The number of hydrogen-bond acceptors (Lipinski definition) is 2. The molecule has 2 heterocycles. The lowest BCUT2D eigenvalue weighted by molar-refractivity contribution is 0.0810. The molecule has 1 saturated heterocycles. The number of nitrogens with zero attached hydrogens (tertiary/aromatic N) is 1. The molecule has 3 rings (SSSR count). The van der Waals surface area contributed by atoms with Crippen LogP contribution in [0.25, 0.3) is 10.9 Å². The highest BCUT2D eigenvalue weighted by molar-refractivity contribution is 6.10. The Morgan fingerprint density at radius 3 is 2.74 bits per heavy atom. The number of likely N-dealkylation sites (tertiary alicyclic amines) is 1. The first-order chi connectivity index (χ1) is 9.27. The van der Waals surface area contributed by atoms with Gasteiger partial charge in [-0.05, 0) is 38.9 Å². The van der Waals surface area contributed by atoms with Crippen molar-refractivity contribution in [3.8, 4) is 0 Å². The lowest BCUT2D eigenvalue weighted by atomic mass is 10.0. The summed E-state index contributed by atoms with van der Waals surface area (Å²) in [6.45, 7) is 4.14. The van der Waals surface area contributed by atoms with E-state index in [4.69, 9.17) is 0 Å². The summed E-state index contributed by atoms with van der Waals surface area (Å²) >= 11 is 0. The van der Waals surface area contributed by atoms with Gasteiger partial charge in [0.05, 0.1) is 6.04 Å². The first kappa shape index (κ1) is 12.4. The summed E-state index contributed by atoms with van der Waals surface area (Å²) in [5.41, 5.74) is 1.87. The highest BCUT2D eigenvalue weighted by Gasteiger charge is 2.25. The fourth-order valence-electron chi connectivity index (χ4n) is 2.97. The lowest BCUT2D eigenvalue weighted by Crippen LogP contribution is -2.42. The zero-order valence-electron chi connectivity index (χ0n) is 11.4. The summed E-state index contributed by atoms with van der Waals surface area (Å²) in [5.74, 6) is 0.236. The molecule has 0 saturated carbocycles. The molecule has 3 nitrogen and oxygen atoms in total. The molecular formula is C16H20N2O. The molecule has 1 aliphatic rings. The largest absolute Gasteiger partial charge is 0.360 e. The van der Waals surface area contributed by atoms with Gasteiger partial charge >= 0.3 is 0 Å². The number of fused-ring (bicyclic) bond motifs is 1. The highest BCUT2D eigenvalue weighted by Crippen LogP contribution is 2.22. The van der Waals surface area contributed by atoms with Gasteiger partial charge in [-0.2, -0.15) is 0 Å². The van der Waals surface area contributed by atoms with Crippen LogP contribution in [0.5, 0.6) is 0 Å². The van der Waals surface area contributed by atoms with E-state index in [-0.39, 0.29) is 11.8 Å². The molecule has 1 aliphatic heterocycles. The van der Waals surface area contributed by atoms with Gasteiger partial charge in [0.1, 0.15) is 0 Å². The third kappa shape index (κ3) is 2.30. The Bertz CT molecular complexity index is 581. The van der Waals surface area contributed by atoms with Gasteiger partial charge in [-0.15, -0.1) is 0 Å². The summed E-state index contributed by atoms with van der Waals surface area (Å²) in [6, 6.07) is 7.98. The molecule has 0 spiro atoms. The fraction of sp³-hybridized carbons (Fsp3) is 0.438. The van der Waals surface area contributed by atoms with Crippen LogP contribution in [-0.2, 0) is 0 Å². The van der Waals surface area contributed by atoms with Crippen molar-refractivity contribution in [3.05, 3.63) is 36.0 Å². The summed E-state index contributed by atoms with van der Waals surface area (Å²) < 4.78 is 0. The van der Waals surface area contributed by atoms with Crippen LogP contribution in [0.15, 0.2) is 30.5 Å². The number of carbonyl (C=O) groups excluding carboxylic acids is 1. The standard InChI is InChI=1S/C16H20N2O/c1-12(18-9-5-2-6-10-18)16(19)14-11-17-15-8-4-3-7-13(14)15/h3-4,7-8,11-12,17H,2,5-6,9-10H2,1H3/t12-/m1/s1. The van der Waals surface area contributed by atoms with Crippen LogP contribution in [0, 0.1) is 0 Å². The molecule has 1 aromatic carbocycles. The molecule has 1 fully saturated rings. The molecule has 0 radical (unpaired) electrons. The number of nitrogens with one attached hydrogen (secondary N) is 1. The molecule has 2 aromatic rings. The van der Waals surface area contributed by atoms with E-state index in [0.717, 1.165) is 29.6 Å². The van der Waals surface area contributed by atoms with E-state index in [2.05, 4.69) is 9.88 Å². The van der Waals surface area contributed by atoms with Crippen molar-refractivity contribution in [1.82, 2.24) is 9.88 Å². The maximum Gasteiger partial charge on any atom is 0.181 e. The van der Waals surface area contributed by atoms with Crippen molar-refractivity contribution in [2.45, 2.75) is 32.2 Å². The molecule has 0 aliphatic carbocycles. The van der Waals surface area contributed by atoms with Gasteiger partial charge in [0, 0.05) is 22.7 Å². The van der Waals surface area contributed by atoms with Crippen LogP contribution < -0.4 is 0 Å². The molecule has 1 N–H and O–H groups in total. The molecule has 3 heteroatoms. The summed E-state index contributed by atoms with van der Waals surface area (Å²) in [4.78, 5) is 18.2. The van der Waals surface area contributed by atoms with Crippen LogP contribution in [0.1, 0.15) is 36.5 Å². The van der Waals surface area contributed by atoms with Crippen LogP contribution in [0.3, 0.4) is 0 Å². The van der Waals surface area contributed by atoms with Gasteiger partial charge in [-0.3, -0.25) is 9.69 Å². The van der Waals surface area contributed by atoms with Crippen molar-refractivity contribution >= 4 is 16.7 Å². The summed E-state index contributed by atoms with van der Waals surface area (Å²) in [7, 11) is 0. The first-order valence-electron chi connectivity index (χ1n) is 7.12. The number of aromatic amines is 1. The average Bonchev–Trinajstić information content (AvgIpc) is 2.90. The van der Waals surface area contributed by atoms with E-state index in [0.29, 0.717) is 0 Å². The Labute approximate surface area is 113 Å². The van der Waals surface area contributed by atoms with Crippen molar-refractivity contribution < 1.29 is 4.79 Å². The number of benzene rings is 1. The minimum absolute atomic E-state index is 0.0143. The summed E-state index contributed by atoms with van der Waals surface area (Å²) in [5, 5.41) is 1.04. The number of aromatic nitrogens is 1. The number of carbonyl (C=O) groups is 1. The molecule has 0 unspecified atom stereocenters. The van der Waals surface area contributed by atoms with Gasteiger partial charge < -0.3 is 4.98 Å². The number of Topliss-reactive ketones (excluding diaryl/α,β-unsaturated/α-hetero) is 1. The van der Waals surface area contributed by atoms with Crippen molar-refractivity contribution in [2.24, 2.45) is 0 Å². The molecule has 1 aromatic heterocycles. The second kappa shape index (κ2) is 5.17. The minimum atomic E-state index is -0.0143. The topological polar surface area (TPSA) is 36.1 Å². The second-order valence-electron chi connectivity index (χ2n) is 5.38. The number of ketones is 1. The van der Waals surface area contributed by atoms with Crippen LogP contribution >= 0.6 is 0 Å². The molecular weight excluding hydrogens is 236 g/mol. The van der Waals surface area contributed by atoms with Gasteiger partial charge in [0.2, 0.25) is 0 Å². The fourth-order valence-corrected chi connectivity index (χ4v) is 2.97. The maximum atomic E-state index is 12.7. The van der Waals surface area contributed by atoms with Crippen molar-refractivity contribution in [2.75, 3.05) is 13.1 Å². The average molecular weight is 256 g/mol. The number of H-pyrrole nitrogens is 1. The van der Waals surface area contributed by atoms with Gasteiger partial charge in [-0.1, -0.05) is 24.6 Å². The predicted molar refractivity (Wildman–Crippen MR) is 77.5 cm³/mol. The minimum Gasteiger partial charge on any atom is -0.360 e. The van der Waals surface area contributed by atoms with Gasteiger partial charge in [0.15, 0.2) is 5.78 Å². The van der Waals surface area contributed by atoms with Crippen LogP contribution in [0.2, 0.25) is 0 Å². The highest BCUT2D eigenvalue weighted by atomic mass is 16.1. The Hall–Kier alpha value is -1.61. The second-order valence-corrected chi connectivity index (χ2v) is 5.38. The molecule has 0 amide bonds. The number of piperidine rings is 1. The van der Waals surface area contributed by atoms with Crippen molar-refractivity contribution in [3.63, 3.8) is 0 Å². The van der Waals surface area contributed by atoms with E-state index in [9.17, 15) is 4.79 Å². The monoisotopic (exact) mass is 256 g/mol. The normalized spacial score (nSPS) is 18.6. The van der Waals surface area contributed by atoms with E-state index in [1.165, 1.54) is 19.3 Å². The molecule has 19 heavy (non-hydrogen) atoms. The third-order valence-corrected chi connectivity index (χ3v) is 4.17. The van der Waals surface area contributed by atoms with Gasteiger partial charge in [-0.25, -0.2) is 0 Å². The number of hydrogen-bond donors (Lipinski definition) is 1. The lowest BCUT2D eigenvalue weighted by Gasteiger charge is -2.31. The Morgan fingerprint density at radius 2 is 1.95 bits per heavy atom. The number of rotatable bonds is 3. The quantitative estimate of drug-likeness (QED) is 0.856. The third-order valence-electron chi connectivity index (χ3n) is 4.17. The maximum absolute atomic E-state index is 12.7. The Kier molecular flexibility index (Phi) is 3.38. The Balaban J connectivity index is 1.86. The zero-order valence-corrected chi connectivity index (χ0v) is 11.4. The Morgan fingerprint density at radius 1 is 1.21 bits per heavy atom. The summed E-state index contributed by atoms with van der Waals surface area (Å²) in [6.07, 6.45) is 5.58. The van der Waals surface area contributed by atoms with E-state index < -0.39 is 0 Å². The van der Waals surface area contributed by atoms with Crippen molar-refractivity contribution in [1.29, 1.82) is 0 Å². The van der Waals surface area contributed by atoms with E-state index >= 15 is 0 Å². The van der Waals surface area contributed by atoms with Crippen LogP contribution in [-0.4, -0.2) is 34.8 Å². The predicted octanol–water partition coefficient (Wildman–Crippen LogP) is 3.23. The van der Waals surface area contributed by atoms with Gasteiger partial charge in [0.25, 0.3) is 0 Å². The number of para-hydroxylation sites is 1. The molecule has 1 atom stereocenters. The van der Waals surface area contributed by atoms with Crippen LogP contribution in [0.4, 0.5) is 0 Å². The zero-order chi connectivity index (χ0) is 13.2.